The number of benzene rings is 1. The first-order valence-corrected chi connectivity index (χ1v) is 6.29. The van der Waals surface area contributed by atoms with E-state index in [-0.39, 0.29) is 6.42 Å². The van der Waals surface area contributed by atoms with E-state index in [0.29, 0.717) is 19.4 Å². The fourth-order valence-corrected chi connectivity index (χ4v) is 1.83. The summed E-state index contributed by atoms with van der Waals surface area (Å²) < 4.78 is 6.75. The summed E-state index contributed by atoms with van der Waals surface area (Å²) in [5.74, 6) is 0.713. The highest BCUT2D eigenvalue weighted by atomic mass is 16.5. The molecule has 2 aromatic rings. The number of nitrogens with zero attached hydrogens (tertiary/aromatic N) is 4. The fraction of sp³-hybridized carbons (Fsp3) is 0.385. The Morgan fingerprint density at radius 2 is 2.10 bits per heavy atom. The molecule has 0 aliphatic carbocycles. The van der Waals surface area contributed by atoms with Crippen molar-refractivity contribution in [3.05, 3.63) is 35.7 Å². The van der Waals surface area contributed by atoms with Crippen LogP contribution in [-0.4, -0.2) is 38.4 Å². The maximum atomic E-state index is 10.5. The molecule has 1 aromatic heterocycles. The van der Waals surface area contributed by atoms with Gasteiger partial charge in [-0.1, -0.05) is 12.1 Å². The molecule has 1 heterocycles. The summed E-state index contributed by atoms with van der Waals surface area (Å²) in [7, 11) is 1.62. The minimum Gasteiger partial charge on any atom is -0.497 e. The number of hydrogen-bond acceptors (Lipinski definition) is 5. The Hall–Kier alpha value is -2.44. The van der Waals surface area contributed by atoms with Crippen LogP contribution in [0.2, 0.25) is 0 Å². The molecule has 7 nitrogen and oxygen atoms in total. The van der Waals surface area contributed by atoms with E-state index in [1.165, 1.54) is 0 Å². The molecule has 0 bridgehead atoms. The van der Waals surface area contributed by atoms with E-state index in [0.717, 1.165) is 17.1 Å². The molecule has 0 aliphatic heterocycles. The molecule has 106 valence electrons. The second-order valence-corrected chi connectivity index (χ2v) is 4.34. The van der Waals surface area contributed by atoms with Crippen molar-refractivity contribution in [1.29, 1.82) is 0 Å². The van der Waals surface area contributed by atoms with Crippen LogP contribution in [0.3, 0.4) is 0 Å². The highest BCUT2D eigenvalue weighted by molar-refractivity contribution is 5.66. The molecule has 20 heavy (non-hydrogen) atoms. The van der Waals surface area contributed by atoms with Gasteiger partial charge in [-0.25, -0.2) is 4.68 Å². The lowest BCUT2D eigenvalue weighted by atomic mass is 10.1. The molecular formula is C13H16N4O3. The summed E-state index contributed by atoms with van der Waals surface area (Å²) in [5, 5.41) is 20.1. The van der Waals surface area contributed by atoms with Crippen LogP contribution in [0.25, 0.3) is 0 Å². The number of tetrazole rings is 1. The van der Waals surface area contributed by atoms with Crippen LogP contribution >= 0.6 is 0 Å². The first-order valence-electron chi connectivity index (χ1n) is 6.29. The number of methoxy groups -OCH3 is 1. The van der Waals surface area contributed by atoms with Gasteiger partial charge in [0.1, 0.15) is 5.75 Å². The van der Waals surface area contributed by atoms with Gasteiger partial charge in [-0.2, -0.15) is 0 Å². The number of carbonyl (C=O) groups is 1. The fourth-order valence-electron chi connectivity index (χ4n) is 1.83. The molecule has 0 atom stereocenters. The van der Waals surface area contributed by atoms with E-state index in [4.69, 9.17) is 9.84 Å². The van der Waals surface area contributed by atoms with Crippen LogP contribution in [0, 0.1) is 0 Å². The van der Waals surface area contributed by atoms with Gasteiger partial charge in [0.2, 0.25) is 0 Å². The van der Waals surface area contributed by atoms with Gasteiger partial charge in [0, 0.05) is 19.4 Å². The Bertz CT molecular complexity index is 565. The van der Waals surface area contributed by atoms with Gasteiger partial charge >= 0.3 is 5.97 Å². The van der Waals surface area contributed by atoms with Gasteiger partial charge in [0.05, 0.1) is 7.11 Å². The third kappa shape index (κ3) is 3.78. The smallest absolute Gasteiger partial charge is 0.303 e. The van der Waals surface area contributed by atoms with Crippen LogP contribution in [0.5, 0.6) is 5.75 Å². The van der Waals surface area contributed by atoms with E-state index in [1.54, 1.807) is 11.8 Å². The van der Waals surface area contributed by atoms with Gasteiger partial charge in [0.25, 0.3) is 0 Å². The zero-order valence-electron chi connectivity index (χ0n) is 11.2. The van der Waals surface area contributed by atoms with Crippen LogP contribution in [0.4, 0.5) is 0 Å². The van der Waals surface area contributed by atoms with Gasteiger partial charge in [-0.05, 0) is 34.5 Å². The van der Waals surface area contributed by atoms with E-state index in [2.05, 4.69) is 15.5 Å². The number of aliphatic carboxylic acids is 1. The number of aromatic nitrogens is 4. The highest BCUT2D eigenvalue weighted by Crippen LogP contribution is 2.13. The normalized spacial score (nSPS) is 10.4. The van der Waals surface area contributed by atoms with Crippen LogP contribution in [0.1, 0.15) is 24.2 Å². The second kappa shape index (κ2) is 6.65. The molecule has 0 aliphatic rings. The quantitative estimate of drug-likeness (QED) is 0.815. The summed E-state index contributed by atoms with van der Waals surface area (Å²) in [6, 6.07) is 7.67. The van der Waals surface area contributed by atoms with Gasteiger partial charge < -0.3 is 9.84 Å². The van der Waals surface area contributed by atoms with E-state index >= 15 is 0 Å². The lowest BCUT2D eigenvalue weighted by molar-refractivity contribution is -0.137. The van der Waals surface area contributed by atoms with Crippen molar-refractivity contribution < 1.29 is 14.6 Å². The van der Waals surface area contributed by atoms with Crippen LogP contribution < -0.4 is 4.74 Å². The Balaban J connectivity index is 1.98. The number of hydrogen-bond donors (Lipinski definition) is 1. The first-order chi connectivity index (χ1) is 9.69. The average molecular weight is 276 g/mol. The summed E-state index contributed by atoms with van der Waals surface area (Å²) in [4.78, 5) is 10.5. The molecule has 0 spiro atoms. The minimum atomic E-state index is -0.810. The molecule has 2 rings (SSSR count). The number of aryl methyl sites for hydroxylation is 1. The Kier molecular flexibility index (Phi) is 4.65. The third-order valence-electron chi connectivity index (χ3n) is 2.89. The summed E-state index contributed by atoms with van der Waals surface area (Å²) >= 11 is 0. The predicted molar refractivity (Wildman–Crippen MR) is 70.5 cm³/mol. The third-order valence-corrected chi connectivity index (χ3v) is 2.89. The van der Waals surface area contributed by atoms with E-state index in [9.17, 15) is 4.79 Å². The maximum Gasteiger partial charge on any atom is 0.303 e. The van der Waals surface area contributed by atoms with Crippen molar-refractivity contribution in [3.8, 4) is 5.75 Å². The van der Waals surface area contributed by atoms with Crippen molar-refractivity contribution in [3.63, 3.8) is 0 Å². The summed E-state index contributed by atoms with van der Waals surface area (Å²) in [6.07, 6.45) is 1.22. The molecule has 0 saturated carbocycles. The molecule has 0 fully saturated rings. The molecule has 0 amide bonds. The van der Waals surface area contributed by atoms with Gasteiger partial charge in [-0.3, -0.25) is 4.79 Å². The number of carboxylic acids is 1. The first kappa shape index (κ1) is 14.0. The molecule has 1 aromatic carbocycles. The Morgan fingerprint density at radius 3 is 2.75 bits per heavy atom. The van der Waals surface area contributed by atoms with Crippen molar-refractivity contribution in [2.24, 2.45) is 0 Å². The van der Waals surface area contributed by atoms with E-state index < -0.39 is 5.97 Å². The lowest BCUT2D eigenvalue weighted by Gasteiger charge is -2.05. The number of rotatable bonds is 7. The predicted octanol–water partition coefficient (Wildman–Crippen LogP) is 1.14. The van der Waals surface area contributed by atoms with Gasteiger partial charge in [0.15, 0.2) is 5.82 Å². The van der Waals surface area contributed by atoms with Gasteiger partial charge in [-0.15, -0.1) is 5.10 Å². The largest absolute Gasteiger partial charge is 0.497 e. The monoisotopic (exact) mass is 276 g/mol. The lowest BCUT2D eigenvalue weighted by Crippen LogP contribution is -2.08. The van der Waals surface area contributed by atoms with Crippen LogP contribution in [0.15, 0.2) is 24.3 Å². The molecular weight excluding hydrogens is 260 g/mol. The molecule has 7 heteroatoms. The summed E-state index contributed by atoms with van der Waals surface area (Å²) in [5.41, 5.74) is 1.07. The van der Waals surface area contributed by atoms with Crippen LogP contribution in [-0.2, 0) is 17.8 Å². The Labute approximate surface area is 116 Å². The van der Waals surface area contributed by atoms with Crippen molar-refractivity contribution >= 4 is 5.97 Å². The molecule has 0 saturated heterocycles. The maximum absolute atomic E-state index is 10.5. The second-order valence-electron chi connectivity index (χ2n) is 4.34. The molecule has 0 radical (unpaired) electrons. The molecule has 1 N–H and O–H groups in total. The number of carboxylic acid groups (broad SMARTS) is 1. The van der Waals surface area contributed by atoms with Crippen molar-refractivity contribution in [2.45, 2.75) is 25.8 Å². The average Bonchev–Trinajstić information content (AvgIpc) is 2.87. The topological polar surface area (TPSA) is 90.1 Å². The van der Waals surface area contributed by atoms with E-state index in [1.807, 2.05) is 24.3 Å². The Morgan fingerprint density at radius 1 is 1.35 bits per heavy atom. The minimum absolute atomic E-state index is 0.113. The zero-order chi connectivity index (χ0) is 14.4. The van der Waals surface area contributed by atoms with Crippen molar-refractivity contribution in [2.75, 3.05) is 7.11 Å². The molecule has 0 unspecified atom stereocenters. The SMILES string of the molecule is COc1ccc(Cc2nnnn2CCCC(=O)O)cc1. The van der Waals surface area contributed by atoms with Crippen molar-refractivity contribution in [1.82, 2.24) is 20.2 Å². The standard InChI is InChI=1S/C13H16N4O3/c1-20-11-6-4-10(5-7-11)9-12-14-15-16-17(12)8-2-3-13(18)19/h4-7H,2-3,8-9H2,1H3,(H,18,19). The number of ether oxygens (including phenoxy) is 1. The highest BCUT2D eigenvalue weighted by Gasteiger charge is 2.08. The zero-order valence-corrected chi connectivity index (χ0v) is 11.2. The summed E-state index contributed by atoms with van der Waals surface area (Å²) in [6.45, 7) is 0.505.